The normalized spacial score (nSPS) is 21.1. The Balaban J connectivity index is 1.98. The Morgan fingerprint density at radius 3 is 3.21 bits per heavy atom. The third kappa shape index (κ3) is 1.77. The van der Waals surface area contributed by atoms with Crippen LogP contribution in [-0.4, -0.2) is 30.2 Å². The number of amides is 1. The number of carbonyl (C=O) groups is 1. The molecule has 76 valence electrons. The zero-order chi connectivity index (χ0) is 9.97. The number of hydrogen-bond acceptors (Lipinski definition) is 4. The molecule has 1 amide bonds. The highest BCUT2D eigenvalue weighted by Crippen LogP contribution is 2.07. The van der Waals surface area contributed by atoms with Crippen molar-refractivity contribution in [1.29, 1.82) is 0 Å². The van der Waals surface area contributed by atoms with Gasteiger partial charge in [0.25, 0.3) is 5.91 Å². The lowest BCUT2D eigenvalue weighted by Gasteiger charge is -2.09. The minimum atomic E-state index is -0.172. The van der Waals surface area contributed by atoms with Gasteiger partial charge in [0.05, 0.1) is 6.20 Å². The predicted octanol–water partition coefficient (Wildman–Crippen LogP) is 0.0747. The standard InChI is InChI=1S/C9H13N3O2/c1-6-4-11-14-8(6)9(13)12-7-2-3-10-5-7/h4,7,10H,2-3,5H2,1H3,(H,12,13). The van der Waals surface area contributed by atoms with Crippen LogP contribution in [0.25, 0.3) is 0 Å². The molecule has 0 spiro atoms. The van der Waals surface area contributed by atoms with Gasteiger partial charge in [-0.15, -0.1) is 0 Å². The molecule has 2 rings (SSSR count). The number of aryl methyl sites for hydroxylation is 1. The molecule has 0 aliphatic carbocycles. The average molecular weight is 195 g/mol. The van der Waals surface area contributed by atoms with Crippen LogP contribution in [0.5, 0.6) is 0 Å². The molecule has 2 N–H and O–H groups in total. The van der Waals surface area contributed by atoms with Crippen LogP contribution in [0.1, 0.15) is 22.5 Å². The van der Waals surface area contributed by atoms with E-state index in [1.54, 1.807) is 13.1 Å². The van der Waals surface area contributed by atoms with Crippen LogP contribution in [0.3, 0.4) is 0 Å². The molecular formula is C9H13N3O2. The van der Waals surface area contributed by atoms with Gasteiger partial charge in [-0.05, 0) is 19.9 Å². The summed E-state index contributed by atoms with van der Waals surface area (Å²) in [4.78, 5) is 11.6. The lowest BCUT2D eigenvalue weighted by molar-refractivity contribution is 0.0902. The first kappa shape index (κ1) is 9.21. The Morgan fingerprint density at radius 1 is 1.79 bits per heavy atom. The van der Waals surface area contributed by atoms with Crippen molar-refractivity contribution in [1.82, 2.24) is 15.8 Å². The van der Waals surface area contributed by atoms with Crippen molar-refractivity contribution in [2.75, 3.05) is 13.1 Å². The molecule has 1 unspecified atom stereocenters. The fraction of sp³-hybridized carbons (Fsp3) is 0.556. The van der Waals surface area contributed by atoms with E-state index in [0.29, 0.717) is 5.76 Å². The highest BCUT2D eigenvalue weighted by Gasteiger charge is 2.20. The topological polar surface area (TPSA) is 67.2 Å². The number of nitrogens with one attached hydrogen (secondary N) is 2. The molecule has 1 aromatic rings. The fourth-order valence-electron chi connectivity index (χ4n) is 1.54. The summed E-state index contributed by atoms with van der Waals surface area (Å²) in [7, 11) is 0. The van der Waals surface area contributed by atoms with Gasteiger partial charge in [-0.2, -0.15) is 0 Å². The van der Waals surface area contributed by atoms with E-state index in [1.165, 1.54) is 0 Å². The summed E-state index contributed by atoms with van der Waals surface area (Å²) in [6.07, 6.45) is 2.51. The molecule has 5 nitrogen and oxygen atoms in total. The Morgan fingerprint density at radius 2 is 2.64 bits per heavy atom. The maximum atomic E-state index is 11.6. The van der Waals surface area contributed by atoms with E-state index in [1.807, 2.05) is 0 Å². The fourth-order valence-corrected chi connectivity index (χ4v) is 1.54. The van der Waals surface area contributed by atoms with Crippen LogP contribution in [-0.2, 0) is 0 Å². The zero-order valence-electron chi connectivity index (χ0n) is 8.04. The molecule has 1 aliphatic heterocycles. The summed E-state index contributed by atoms with van der Waals surface area (Å²) in [5.41, 5.74) is 0.772. The van der Waals surface area contributed by atoms with Crippen molar-refractivity contribution < 1.29 is 9.32 Å². The lowest BCUT2D eigenvalue weighted by Crippen LogP contribution is -2.36. The Bertz CT molecular complexity index is 329. The highest BCUT2D eigenvalue weighted by molar-refractivity contribution is 5.92. The van der Waals surface area contributed by atoms with E-state index in [-0.39, 0.29) is 11.9 Å². The van der Waals surface area contributed by atoms with Crippen LogP contribution in [0.4, 0.5) is 0 Å². The first-order valence-electron chi connectivity index (χ1n) is 4.70. The van der Waals surface area contributed by atoms with Gasteiger partial charge in [-0.3, -0.25) is 4.79 Å². The molecule has 0 aromatic carbocycles. The maximum absolute atomic E-state index is 11.6. The molecule has 14 heavy (non-hydrogen) atoms. The van der Waals surface area contributed by atoms with Crippen LogP contribution >= 0.6 is 0 Å². The summed E-state index contributed by atoms with van der Waals surface area (Å²) in [6.45, 7) is 3.59. The zero-order valence-corrected chi connectivity index (χ0v) is 8.04. The van der Waals surface area contributed by atoms with E-state index in [2.05, 4.69) is 15.8 Å². The molecule has 1 fully saturated rings. The van der Waals surface area contributed by atoms with E-state index < -0.39 is 0 Å². The third-order valence-electron chi connectivity index (χ3n) is 2.35. The summed E-state index contributed by atoms with van der Waals surface area (Å²) in [5.74, 6) is 0.144. The molecule has 2 heterocycles. The van der Waals surface area contributed by atoms with Crippen molar-refractivity contribution in [3.63, 3.8) is 0 Å². The molecule has 0 saturated carbocycles. The highest BCUT2D eigenvalue weighted by atomic mass is 16.5. The molecule has 5 heteroatoms. The minimum Gasteiger partial charge on any atom is -0.351 e. The Kier molecular flexibility index (Phi) is 2.49. The van der Waals surface area contributed by atoms with Gasteiger partial charge in [0, 0.05) is 18.2 Å². The van der Waals surface area contributed by atoms with E-state index in [9.17, 15) is 4.79 Å². The van der Waals surface area contributed by atoms with Gasteiger partial charge in [0.1, 0.15) is 0 Å². The van der Waals surface area contributed by atoms with Crippen molar-refractivity contribution >= 4 is 5.91 Å². The first-order chi connectivity index (χ1) is 6.77. The average Bonchev–Trinajstić information content (AvgIpc) is 2.75. The molecule has 1 aliphatic rings. The van der Waals surface area contributed by atoms with Crippen LogP contribution in [0, 0.1) is 6.92 Å². The van der Waals surface area contributed by atoms with Gasteiger partial charge >= 0.3 is 0 Å². The molecule has 1 atom stereocenters. The summed E-state index contributed by atoms with van der Waals surface area (Å²) in [5, 5.41) is 9.63. The summed E-state index contributed by atoms with van der Waals surface area (Å²) in [6, 6.07) is 0.215. The van der Waals surface area contributed by atoms with Crippen molar-refractivity contribution in [2.24, 2.45) is 0 Å². The Hall–Kier alpha value is -1.36. The number of hydrogen-bond donors (Lipinski definition) is 2. The number of rotatable bonds is 2. The number of nitrogens with zero attached hydrogens (tertiary/aromatic N) is 1. The summed E-state index contributed by atoms with van der Waals surface area (Å²) < 4.78 is 4.85. The molecule has 1 aromatic heterocycles. The van der Waals surface area contributed by atoms with Gasteiger partial charge in [0.2, 0.25) is 5.76 Å². The van der Waals surface area contributed by atoms with Crippen molar-refractivity contribution in [3.8, 4) is 0 Å². The first-order valence-corrected chi connectivity index (χ1v) is 4.70. The van der Waals surface area contributed by atoms with Crippen LogP contribution in [0.15, 0.2) is 10.7 Å². The van der Waals surface area contributed by atoms with Gasteiger partial charge in [-0.1, -0.05) is 5.16 Å². The van der Waals surface area contributed by atoms with Crippen molar-refractivity contribution in [3.05, 3.63) is 17.5 Å². The third-order valence-corrected chi connectivity index (χ3v) is 2.35. The van der Waals surface area contributed by atoms with Gasteiger partial charge in [0.15, 0.2) is 0 Å². The Labute approximate surface area is 81.8 Å². The molecular weight excluding hydrogens is 182 g/mol. The maximum Gasteiger partial charge on any atom is 0.290 e. The molecule has 0 bridgehead atoms. The van der Waals surface area contributed by atoms with Gasteiger partial charge in [-0.25, -0.2) is 0 Å². The second-order valence-electron chi connectivity index (χ2n) is 3.50. The lowest BCUT2D eigenvalue weighted by atomic mass is 10.2. The SMILES string of the molecule is Cc1cnoc1C(=O)NC1CCNC1. The summed E-state index contributed by atoms with van der Waals surface area (Å²) >= 11 is 0. The monoisotopic (exact) mass is 195 g/mol. The molecule has 1 saturated heterocycles. The van der Waals surface area contributed by atoms with E-state index >= 15 is 0 Å². The van der Waals surface area contributed by atoms with E-state index in [0.717, 1.165) is 25.1 Å². The van der Waals surface area contributed by atoms with Gasteiger partial charge < -0.3 is 15.2 Å². The van der Waals surface area contributed by atoms with Crippen LogP contribution < -0.4 is 10.6 Å². The smallest absolute Gasteiger partial charge is 0.290 e. The number of aromatic nitrogens is 1. The minimum absolute atomic E-state index is 0.172. The van der Waals surface area contributed by atoms with Crippen LogP contribution in [0.2, 0.25) is 0 Å². The predicted molar refractivity (Wildman–Crippen MR) is 50.0 cm³/mol. The number of carbonyl (C=O) groups excluding carboxylic acids is 1. The second-order valence-corrected chi connectivity index (χ2v) is 3.50. The van der Waals surface area contributed by atoms with E-state index in [4.69, 9.17) is 4.52 Å². The second kappa shape index (κ2) is 3.79. The van der Waals surface area contributed by atoms with Crippen molar-refractivity contribution in [2.45, 2.75) is 19.4 Å². The quantitative estimate of drug-likeness (QED) is 0.701. The molecule has 0 radical (unpaired) electrons. The largest absolute Gasteiger partial charge is 0.351 e.